The first-order valence-corrected chi connectivity index (χ1v) is 12.2. The monoisotopic (exact) mass is 553 g/mol. The molecule has 11 nitrogen and oxygen atoms in total. The van der Waals surface area contributed by atoms with Gasteiger partial charge in [0, 0.05) is 37.4 Å². The number of hydrogen-bond donors (Lipinski definition) is 4. The van der Waals surface area contributed by atoms with Crippen molar-refractivity contribution in [3.8, 4) is 0 Å². The molecule has 200 valence electrons. The largest absolute Gasteiger partial charge is 0.480 e. The van der Waals surface area contributed by atoms with E-state index in [9.17, 15) is 19.2 Å². The number of aryl methyl sites for hydroxylation is 1. The number of anilines is 2. The SMILES string of the molecule is Cc1[nH]c(C(=O)Nc2ccc(C(=O)NCC(=O)O)cc2N2CCN(C(=O)OC(C)(C)C)CC2)c(Cl)c1Cl. The van der Waals surface area contributed by atoms with E-state index in [1.165, 1.54) is 6.07 Å². The first-order valence-electron chi connectivity index (χ1n) is 11.5. The van der Waals surface area contributed by atoms with E-state index >= 15 is 0 Å². The molecule has 1 aromatic heterocycles. The van der Waals surface area contributed by atoms with Gasteiger partial charge in [-0.1, -0.05) is 23.2 Å². The Hall–Kier alpha value is -3.44. The summed E-state index contributed by atoms with van der Waals surface area (Å²) in [5.41, 5.74) is 1.13. The van der Waals surface area contributed by atoms with Crippen molar-refractivity contribution >= 4 is 58.5 Å². The average molecular weight is 554 g/mol. The molecule has 3 amide bonds. The maximum absolute atomic E-state index is 13.0. The summed E-state index contributed by atoms with van der Waals surface area (Å²) < 4.78 is 5.45. The molecule has 1 saturated heterocycles. The predicted octanol–water partition coefficient (Wildman–Crippen LogP) is 3.75. The number of carbonyl (C=O) groups is 4. The number of aromatic nitrogens is 1. The van der Waals surface area contributed by atoms with Gasteiger partial charge in [0.1, 0.15) is 17.8 Å². The van der Waals surface area contributed by atoms with Crippen LogP contribution < -0.4 is 15.5 Å². The molecular formula is C24H29Cl2N5O6. The highest BCUT2D eigenvalue weighted by Gasteiger charge is 2.28. The van der Waals surface area contributed by atoms with E-state index in [1.807, 2.05) is 4.90 Å². The van der Waals surface area contributed by atoms with Gasteiger partial charge in [0.25, 0.3) is 11.8 Å². The third-order valence-electron chi connectivity index (χ3n) is 5.46. The topological polar surface area (TPSA) is 144 Å². The summed E-state index contributed by atoms with van der Waals surface area (Å²) in [5.74, 6) is -2.28. The zero-order valence-electron chi connectivity index (χ0n) is 20.9. The lowest BCUT2D eigenvalue weighted by atomic mass is 10.1. The number of amides is 3. The summed E-state index contributed by atoms with van der Waals surface area (Å²) in [4.78, 5) is 55.2. The van der Waals surface area contributed by atoms with Crippen molar-refractivity contribution in [2.75, 3.05) is 42.9 Å². The molecular weight excluding hydrogens is 525 g/mol. The number of carboxylic acids is 1. The van der Waals surface area contributed by atoms with Gasteiger partial charge in [-0.05, 0) is 45.9 Å². The second kappa shape index (κ2) is 11.3. The Kier molecular flexibility index (Phi) is 8.60. The van der Waals surface area contributed by atoms with Crippen LogP contribution in [0.4, 0.5) is 16.2 Å². The number of hydrogen-bond acceptors (Lipinski definition) is 6. The fourth-order valence-corrected chi connectivity index (χ4v) is 4.08. The van der Waals surface area contributed by atoms with Crippen LogP contribution in [0.25, 0.3) is 0 Å². The number of nitrogens with zero attached hydrogens (tertiary/aromatic N) is 2. The lowest BCUT2D eigenvalue weighted by Gasteiger charge is -2.37. The third-order valence-corrected chi connectivity index (χ3v) is 6.41. The highest BCUT2D eigenvalue weighted by Crippen LogP contribution is 2.32. The zero-order valence-corrected chi connectivity index (χ0v) is 22.4. The van der Waals surface area contributed by atoms with Crippen molar-refractivity contribution in [1.82, 2.24) is 15.2 Å². The summed E-state index contributed by atoms with van der Waals surface area (Å²) in [6.07, 6.45) is -0.420. The van der Waals surface area contributed by atoms with Crippen LogP contribution in [-0.2, 0) is 9.53 Å². The number of carbonyl (C=O) groups excluding carboxylic acids is 3. The first kappa shape index (κ1) is 28.1. The van der Waals surface area contributed by atoms with Crippen LogP contribution in [0, 0.1) is 6.92 Å². The quantitative estimate of drug-likeness (QED) is 0.426. The Balaban J connectivity index is 1.86. The van der Waals surface area contributed by atoms with Gasteiger partial charge < -0.3 is 35.3 Å². The average Bonchev–Trinajstić information content (AvgIpc) is 3.09. The molecule has 0 atom stereocenters. The van der Waals surface area contributed by atoms with Gasteiger partial charge in [0.2, 0.25) is 0 Å². The molecule has 0 radical (unpaired) electrons. The number of rotatable bonds is 6. The molecule has 4 N–H and O–H groups in total. The smallest absolute Gasteiger partial charge is 0.410 e. The van der Waals surface area contributed by atoms with Crippen LogP contribution in [0.1, 0.15) is 47.3 Å². The van der Waals surface area contributed by atoms with Crippen molar-refractivity contribution in [2.45, 2.75) is 33.3 Å². The maximum atomic E-state index is 13.0. The number of piperazine rings is 1. The Bertz CT molecular complexity index is 1210. The molecule has 0 saturated carbocycles. The molecule has 0 unspecified atom stereocenters. The van der Waals surface area contributed by atoms with Gasteiger partial charge >= 0.3 is 12.1 Å². The van der Waals surface area contributed by atoms with Crippen LogP contribution in [0.2, 0.25) is 10.0 Å². The molecule has 2 aromatic rings. The molecule has 3 rings (SSSR count). The summed E-state index contributed by atoms with van der Waals surface area (Å²) in [7, 11) is 0. The fraction of sp³-hybridized carbons (Fsp3) is 0.417. The van der Waals surface area contributed by atoms with Crippen molar-refractivity contribution in [1.29, 1.82) is 0 Å². The van der Waals surface area contributed by atoms with Crippen LogP contribution in [-0.4, -0.2) is 77.2 Å². The number of aliphatic carboxylic acids is 1. The Morgan fingerprint density at radius 1 is 1.05 bits per heavy atom. The second-order valence-electron chi connectivity index (χ2n) is 9.47. The molecule has 1 aromatic carbocycles. The van der Waals surface area contributed by atoms with E-state index in [0.717, 1.165) is 0 Å². The van der Waals surface area contributed by atoms with Crippen LogP contribution in [0.15, 0.2) is 18.2 Å². The molecule has 1 aliphatic heterocycles. The van der Waals surface area contributed by atoms with Crippen LogP contribution in [0.3, 0.4) is 0 Å². The molecule has 37 heavy (non-hydrogen) atoms. The van der Waals surface area contributed by atoms with Crippen LogP contribution in [0.5, 0.6) is 0 Å². The maximum Gasteiger partial charge on any atom is 0.410 e. The van der Waals surface area contributed by atoms with Crippen molar-refractivity contribution < 1.29 is 29.0 Å². The summed E-state index contributed by atoms with van der Waals surface area (Å²) >= 11 is 12.3. The van der Waals surface area contributed by atoms with Gasteiger partial charge in [0.15, 0.2) is 0 Å². The molecule has 0 aliphatic carbocycles. The zero-order chi connectivity index (χ0) is 27.5. The summed E-state index contributed by atoms with van der Waals surface area (Å²) in [6.45, 7) is 8.04. The Morgan fingerprint density at radius 3 is 2.24 bits per heavy atom. The van der Waals surface area contributed by atoms with Crippen molar-refractivity contribution in [3.05, 3.63) is 45.2 Å². The van der Waals surface area contributed by atoms with Crippen molar-refractivity contribution in [3.63, 3.8) is 0 Å². The van der Waals surface area contributed by atoms with Gasteiger partial charge in [0.05, 0.1) is 21.4 Å². The first-order chi connectivity index (χ1) is 17.3. The summed E-state index contributed by atoms with van der Waals surface area (Å²) in [5, 5.41) is 14.3. The standard InChI is InChI=1S/C24H29Cl2N5O6/c1-13-18(25)19(26)20(28-13)22(35)29-15-6-5-14(21(34)27-12-17(32)33)11-16(15)30-7-9-31(10-8-30)23(36)37-24(2,3)4/h5-6,11,28H,7-10,12H2,1-4H3,(H,27,34)(H,29,35)(H,32,33). The molecule has 0 spiro atoms. The minimum Gasteiger partial charge on any atom is -0.480 e. The predicted molar refractivity (Wildman–Crippen MR) is 140 cm³/mol. The highest BCUT2D eigenvalue weighted by molar-refractivity contribution is 6.44. The van der Waals surface area contributed by atoms with Crippen LogP contribution >= 0.6 is 23.2 Å². The second-order valence-corrected chi connectivity index (χ2v) is 10.2. The van der Waals surface area contributed by atoms with E-state index in [0.29, 0.717) is 43.2 Å². The van der Waals surface area contributed by atoms with E-state index in [-0.39, 0.29) is 21.3 Å². The van der Waals surface area contributed by atoms with E-state index in [2.05, 4.69) is 15.6 Å². The lowest BCUT2D eigenvalue weighted by molar-refractivity contribution is -0.135. The summed E-state index contributed by atoms with van der Waals surface area (Å²) in [6, 6.07) is 4.58. The number of ether oxygens (including phenoxy) is 1. The highest BCUT2D eigenvalue weighted by atomic mass is 35.5. The van der Waals surface area contributed by atoms with Gasteiger partial charge in [-0.25, -0.2) is 4.79 Å². The molecule has 2 heterocycles. The number of H-pyrrole nitrogens is 1. The third kappa shape index (κ3) is 7.07. The molecule has 1 aliphatic rings. The Labute approximate surface area is 224 Å². The minimum absolute atomic E-state index is 0.0909. The van der Waals surface area contributed by atoms with Crippen molar-refractivity contribution in [2.24, 2.45) is 0 Å². The number of aromatic amines is 1. The fourth-order valence-electron chi connectivity index (χ4n) is 3.67. The number of nitrogens with one attached hydrogen (secondary N) is 3. The molecule has 0 bridgehead atoms. The molecule has 13 heteroatoms. The van der Waals surface area contributed by atoms with E-state index < -0.39 is 36.0 Å². The van der Waals surface area contributed by atoms with Gasteiger partial charge in [-0.3, -0.25) is 14.4 Å². The number of benzene rings is 1. The van der Waals surface area contributed by atoms with E-state index in [4.69, 9.17) is 33.0 Å². The lowest BCUT2D eigenvalue weighted by Crippen LogP contribution is -2.50. The number of carboxylic acid groups (broad SMARTS) is 1. The van der Waals surface area contributed by atoms with E-state index in [1.54, 1.807) is 44.7 Å². The normalized spacial score (nSPS) is 13.8. The Morgan fingerprint density at radius 2 is 1.70 bits per heavy atom. The minimum atomic E-state index is -1.17. The van der Waals surface area contributed by atoms with Gasteiger partial charge in [-0.2, -0.15) is 0 Å². The van der Waals surface area contributed by atoms with Gasteiger partial charge in [-0.15, -0.1) is 0 Å². The number of halogens is 2. The molecule has 1 fully saturated rings.